The van der Waals surface area contributed by atoms with Gasteiger partial charge in [0, 0.05) is 24.4 Å². The van der Waals surface area contributed by atoms with Crippen molar-refractivity contribution in [3.63, 3.8) is 0 Å². The number of piperidine rings is 1. The monoisotopic (exact) mass is 309 g/mol. The number of urea groups is 1. The molecular weight excluding hydrogens is 290 g/mol. The van der Waals surface area contributed by atoms with Gasteiger partial charge in [0.1, 0.15) is 5.01 Å². The molecule has 2 N–H and O–H groups in total. The molecule has 114 valence electrons. The van der Waals surface area contributed by atoms with E-state index in [1.54, 1.807) is 16.2 Å². The van der Waals surface area contributed by atoms with E-state index < -0.39 is 11.9 Å². The second kappa shape index (κ2) is 6.01. The van der Waals surface area contributed by atoms with Crippen molar-refractivity contribution in [3.05, 3.63) is 16.1 Å². The van der Waals surface area contributed by atoms with Crippen molar-refractivity contribution in [1.29, 1.82) is 0 Å². The second-order valence-corrected chi connectivity index (χ2v) is 6.67. The maximum Gasteiger partial charge on any atom is 0.317 e. The zero-order chi connectivity index (χ0) is 14.8. The molecule has 2 amide bonds. The number of hydrogen-bond donors (Lipinski definition) is 2. The van der Waals surface area contributed by atoms with Crippen molar-refractivity contribution in [1.82, 2.24) is 15.2 Å². The van der Waals surface area contributed by atoms with Crippen molar-refractivity contribution < 1.29 is 14.7 Å². The Morgan fingerprint density at radius 2 is 2.24 bits per heavy atom. The van der Waals surface area contributed by atoms with Gasteiger partial charge in [0.2, 0.25) is 0 Å². The highest BCUT2D eigenvalue weighted by atomic mass is 32.1. The molecule has 1 atom stereocenters. The number of amides is 2. The van der Waals surface area contributed by atoms with Crippen LogP contribution in [-0.2, 0) is 11.3 Å². The van der Waals surface area contributed by atoms with E-state index in [0.717, 1.165) is 17.1 Å². The first-order valence-corrected chi connectivity index (χ1v) is 8.21. The van der Waals surface area contributed by atoms with Gasteiger partial charge in [0.15, 0.2) is 0 Å². The molecule has 0 radical (unpaired) electrons. The first-order valence-electron chi connectivity index (χ1n) is 7.33. The van der Waals surface area contributed by atoms with Crippen molar-refractivity contribution in [2.75, 3.05) is 13.1 Å². The van der Waals surface area contributed by atoms with E-state index in [4.69, 9.17) is 5.11 Å². The van der Waals surface area contributed by atoms with E-state index in [-0.39, 0.29) is 6.03 Å². The van der Waals surface area contributed by atoms with Crippen LogP contribution in [0.4, 0.5) is 4.79 Å². The molecule has 1 aliphatic carbocycles. The van der Waals surface area contributed by atoms with Gasteiger partial charge in [-0.25, -0.2) is 9.78 Å². The van der Waals surface area contributed by atoms with Gasteiger partial charge in [0.25, 0.3) is 0 Å². The molecule has 2 aliphatic rings. The molecular formula is C14H19N3O3S. The van der Waals surface area contributed by atoms with Crippen LogP contribution in [0.5, 0.6) is 0 Å². The zero-order valence-electron chi connectivity index (χ0n) is 11.7. The maximum atomic E-state index is 12.1. The summed E-state index contributed by atoms with van der Waals surface area (Å²) in [6, 6.07) is -0.191. The SMILES string of the molecule is O=C(O)C1CCCN(C(=O)NCc2nc(C3CC3)cs2)C1. The number of carboxylic acid groups (broad SMARTS) is 1. The fourth-order valence-corrected chi connectivity index (χ4v) is 3.41. The average molecular weight is 309 g/mol. The normalized spacial score (nSPS) is 22.1. The fraction of sp³-hybridized carbons (Fsp3) is 0.643. The molecule has 2 heterocycles. The predicted molar refractivity (Wildman–Crippen MR) is 78.3 cm³/mol. The standard InChI is InChI=1S/C14H19N3O3S/c18-13(19)10-2-1-5-17(7-10)14(20)15-6-12-16-11(8-21-12)9-3-4-9/h8-10H,1-7H2,(H,15,20)(H,18,19). The number of carbonyl (C=O) groups excluding carboxylic acids is 1. The number of aromatic nitrogens is 1. The molecule has 0 spiro atoms. The molecule has 0 bridgehead atoms. The van der Waals surface area contributed by atoms with Crippen molar-refractivity contribution in [2.24, 2.45) is 5.92 Å². The Bertz CT molecular complexity index is 541. The Labute approximate surface area is 127 Å². The Balaban J connectivity index is 1.49. The molecule has 0 aromatic carbocycles. The third-order valence-corrected chi connectivity index (χ3v) is 4.88. The Morgan fingerprint density at radius 1 is 1.43 bits per heavy atom. The lowest BCUT2D eigenvalue weighted by atomic mass is 9.99. The van der Waals surface area contributed by atoms with Gasteiger partial charge in [-0.15, -0.1) is 11.3 Å². The van der Waals surface area contributed by atoms with Crippen LogP contribution in [0.2, 0.25) is 0 Å². The first kappa shape index (κ1) is 14.3. The lowest BCUT2D eigenvalue weighted by Crippen LogP contribution is -2.46. The van der Waals surface area contributed by atoms with Gasteiger partial charge >= 0.3 is 12.0 Å². The van der Waals surface area contributed by atoms with Crippen LogP contribution in [0.25, 0.3) is 0 Å². The minimum atomic E-state index is -0.818. The van der Waals surface area contributed by atoms with Gasteiger partial charge in [-0.3, -0.25) is 4.79 Å². The summed E-state index contributed by atoms with van der Waals surface area (Å²) in [6.45, 7) is 1.34. The number of likely N-dealkylation sites (tertiary alicyclic amines) is 1. The number of rotatable bonds is 4. The van der Waals surface area contributed by atoms with Crippen LogP contribution in [0.3, 0.4) is 0 Å². The lowest BCUT2D eigenvalue weighted by Gasteiger charge is -2.30. The third kappa shape index (κ3) is 3.53. The molecule has 1 aromatic heterocycles. The summed E-state index contributed by atoms with van der Waals surface area (Å²) in [7, 11) is 0. The summed E-state index contributed by atoms with van der Waals surface area (Å²) < 4.78 is 0. The highest BCUT2D eigenvalue weighted by Crippen LogP contribution is 2.40. The molecule has 2 fully saturated rings. The van der Waals surface area contributed by atoms with E-state index >= 15 is 0 Å². The van der Waals surface area contributed by atoms with Gasteiger partial charge in [-0.1, -0.05) is 0 Å². The smallest absolute Gasteiger partial charge is 0.317 e. The van der Waals surface area contributed by atoms with Crippen LogP contribution in [0, 0.1) is 5.92 Å². The second-order valence-electron chi connectivity index (χ2n) is 5.72. The summed E-state index contributed by atoms with van der Waals surface area (Å²) in [5, 5.41) is 14.9. The van der Waals surface area contributed by atoms with Crippen LogP contribution in [0.1, 0.15) is 42.3 Å². The molecule has 21 heavy (non-hydrogen) atoms. The van der Waals surface area contributed by atoms with Crippen molar-refractivity contribution >= 4 is 23.3 Å². The van der Waals surface area contributed by atoms with Crippen molar-refractivity contribution in [3.8, 4) is 0 Å². The summed E-state index contributed by atoms with van der Waals surface area (Å²) >= 11 is 1.57. The molecule has 6 nitrogen and oxygen atoms in total. The van der Waals surface area contributed by atoms with Crippen LogP contribution in [-0.4, -0.2) is 40.1 Å². The van der Waals surface area contributed by atoms with E-state index in [1.807, 2.05) is 0 Å². The number of hydrogen-bond acceptors (Lipinski definition) is 4. The van der Waals surface area contributed by atoms with Crippen LogP contribution in [0.15, 0.2) is 5.38 Å². The van der Waals surface area contributed by atoms with Gasteiger partial charge in [-0.05, 0) is 25.7 Å². The van der Waals surface area contributed by atoms with Crippen molar-refractivity contribution in [2.45, 2.75) is 38.1 Å². The highest BCUT2D eigenvalue weighted by Gasteiger charge is 2.28. The maximum absolute atomic E-state index is 12.1. The van der Waals surface area contributed by atoms with E-state index in [9.17, 15) is 9.59 Å². The minimum Gasteiger partial charge on any atom is -0.481 e. The summed E-state index contributed by atoms with van der Waals surface area (Å²) in [5.41, 5.74) is 1.15. The summed E-state index contributed by atoms with van der Waals surface area (Å²) in [5.74, 6) is -0.628. The molecule has 1 saturated carbocycles. The number of carbonyl (C=O) groups is 2. The Hall–Kier alpha value is -1.63. The fourth-order valence-electron chi connectivity index (χ4n) is 2.60. The first-order chi connectivity index (χ1) is 10.1. The number of nitrogens with zero attached hydrogens (tertiary/aromatic N) is 2. The number of carboxylic acids is 1. The van der Waals surface area contributed by atoms with E-state index in [1.165, 1.54) is 12.8 Å². The largest absolute Gasteiger partial charge is 0.481 e. The lowest BCUT2D eigenvalue weighted by molar-refractivity contribution is -0.143. The molecule has 7 heteroatoms. The number of nitrogens with one attached hydrogen (secondary N) is 1. The molecule has 1 unspecified atom stereocenters. The Kier molecular flexibility index (Phi) is 4.10. The summed E-state index contributed by atoms with van der Waals surface area (Å²) in [6.07, 6.45) is 3.84. The minimum absolute atomic E-state index is 0.191. The summed E-state index contributed by atoms with van der Waals surface area (Å²) in [4.78, 5) is 29.2. The van der Waals surface area contributed by atoms with E-state index in [0.29, 0.717) is 32.0 Å². The zero-order valence-corrected chi connectivity index (χ0v) is 12.6. The number of thiazole rings is 1. The molecule has 1 saturated heterocycles. The number of aliphatic carboxylic acids is 1. The third-order valence-electron chi connectivity index (χ3n) is 4.01. The molecule has 3 rings (SSSR count). The van der Waals surface area contributed by atoms with Crippen LogP contribution < -0.4 is 5.32 Å². The topological polar surface area (TPSA) is 82.5 Å². The Morgan fingerprint density at radius 3 is 2.95 bits per heavy atom. The quantitative estimate of drug-likeness (QED) is 0.891. The van der Waals surface area contributed by atoms with Crippen LogP contribution >= 0.6 is 11.3 Å². The molecule has 1 aliphatic heterocycles. The van der Waals surface area contributed by atoms with E-state index in [2.05, 4.69) is 15.7 Å². The predicted octanol–water partition coefficient (Wildman–Crippen LogP) is 2.03. The highest BCUT2D eigenvalue weighted by molar-refractivity contribution is 7.09. The van der Waals surface area contributed by atoms with Gasteiger partial charge in [-0.2, -0.15) is 0 Å². The molecule has 1 aromatic rings. The average Bonchev–Trinajstić information content (AvgIpc) is 3.24. The van der Waals surface area contributed by atoms with Gasteiger partial charge < -0.3 is 15.3 Å². The van der Waals surface area contributed by atoms with Gasteiger partial charge in [0.05, 0.1) is 18.2 Å².